The Morgan fingerprint density at radius 1 is 1.29 bits per heavy atom. The van der Waals surface area contributed by atoms with E-state index in [1.54, 1.807) is 0 Å². The number of halogens is 1. The number of amides is 1. The third-order valence-electron chi connectivity index (χ3n) is 3.82. The third-order valence-corrected chi connectivity index (χ3v) is 4.31. The van der Waals surface area contributed by atoms with E-state index in [1.807, 2.05) is 18.2 Å². The van der Waals surface area contributed by atoms with Crippen LogP contribution in [0.3, 0.4) is 0 Å². The summed E-state index contributed by atoms with van der Waals surface area (Å²) in [5.41, 5.74) is 6.59. The summed E-state index contributed by atoms with van der Waals surface area (Å²) in [7, 11) is 0. The summed E-state index contributed by atoms with van der Waals surface area (Å²) in [4.78, 5) is 12.0. The van der Waals surface area contributed by atoms with Gasteiger partial charge in [-0.25, -0.2) is 0 Å². The van der Waals surface area contributed by atoms with Gasteiger partial charge in [-0.05, 0) is 31.0 Å². The Hall–Kier alpha value is -1.07. The number of carbonyl (C=O) groups excluding carboxylic acids is 1. The highest BCUT2D eigenvalue weighted by Crippen LogP contribution is 2.23. The molecule has 0 spiro atoms. The van der Waals surface area contributed by atoms with Crippen LogP contribution in [0.25, 0.3) is 0 Å². The number of carbonyl (C=O) groups is 1. The van der Waals surface area contributed by atoms with Crippen molar-refractivity contribution < 1.29 is 9.53 Å². The molecule has 21 heavy (non-hydrogen) atoms. The summed E-state index contributed by atoms with van der Waals surface area (Å²) in [5, 5.41) is 3.07. The van der Waals surface area contributed by atoms with E-state index in [0.29, 0.717) is 18.3 Å². The number of nitrogens with two attached hydrogens (primary N) is 1. The van der Waals surface area contributed by atoms with E-state index in [1.165, 1.54) is 25.7 Å². The average molecular weight is 355 g/mol. The molecule has 4 nitrogen and oxygen atoms in total. The Morgan fingerprint density at radius 2 is 2.00 bits per heavy atom. The lowest BCUT2D eigenvalue weighted by Gasteiger charge is -2.17. The van der Waals surface area contributed by atoms with Crippen LogP contribution < -0.4 is 15.8 Å². The standard InChI is InChI=1S/C16H23BrN2O2/c17-13-7-8-15(12(9-13)10-18)21-11-16(20)19-14-5-3-1-2-4-6-14/h7-9,14H,1-6,10-11,18H2,(H,19,20). The van der Waals surface area contributed by atoms with Crippen LogP contribution in [0, 0.1) is 0 Å². The van der Waals surface area contributed by atoms with Gasteiger partial charge < -0.3 is 15.8 Å². The van der Waals surface area contributed by atoms with E-state index in [4.69, 9.17) is 10.5 Å². The molecule has 0 aliphatic heterocycles. The molecule has 1 saturated carbocycles. The molecule has 3 N–H and O–H groups in total. The number of rotatable bonds is 5. The van der Waals surface area contributed by atoms with Gasteiger partial charge >= 0.3 is 0 Å². The number of ether oxygens (including phenoxy) is 1. The molecule has 1 aliphatic carbocycles. The summed E-state index contributed by atoms with van der Waals surface area (Å²) in [6.07, 6.45) is 7.13. The van der Waals surface area contributed by atoms with E-state index in [2.05, 4.69) is 21.2 Å². The molecule has 1 aromatic carbocycles. The van der Waals surface area contributed by atoms with Gasteiger partial charge in [0.25, 0.3) is 5.91 Å². The minimum Gasteiger partial charge on any atom is -0.483 e. The van der Waals surface area contributed by atoms with Gasteiger partial charge in [0, 0.05) is 22.6 Å². The molecule has 116 valence electrons. The maximum Gasteiger partial charge on any atom is 0.258 e. The zero-order chi connectivity index (χ0) is 15.1. The van der Waals surface area contributed by atoms with E-state index >= 15 is 0 Å². The van der Waals surface area contributed by atoms with Crippen LogP contribution in [-0.2, 0) is 11.3 Å². The van der Waals surface area contributed by atoms with Gasteiger partial charge in [0.15, 0.2) is 6.61 Å². The molecule has 5 heteroatoms. The molecule has 0 saturated heterocycles. The molecule has 0 radical (unpaired) electrons. The summed E-state index contributed by atoms with van der Waals surface area (Å²) in [5.74, 6) is 0.629. The van der Waals surface area contributed by atoms with Crippen molar-refractivity contribution in [2.45, 2.75) is 51.1 Å². The number of hydrogen-bond acceptors (Lipinski definition) is 3. The van der Waals surface area contributed by atoms with Gasteiger partial charge in [0.1, 0.15) is 5.75 Å². The van der Waals surface area contributed by atoms with E-state index in [9.17, 15) is 4.79 Å². The average Bonchev–Trinajstić information content (AvgIpc) is 2.74. The second kappa shape index (κ2) is 8.39. The second-order valence-electron chi connectivity index (χ2n) is 5.50. The van der Waals surface area contributed by atoms with Gasteiger partial charge in [-0.1, -0.05) is 41.6 Å². The second-order valence-corrected chi connectivity index (χ2v) is 6.42. The number of hydrogen-bond donors (Lipinski definition) is 2. The Bertz CT molecular complexity index is 471. The first-order chi connectivity index (χ1) is 10.2. The summed E-state index contributed by atoms with van der Waals surface area (Å²) in [6, 6.07) is 5.95. The molecule has 1 fully saturated rings. The maximum absolute atomic E-state index is 12.0. The van der Waals surface area contributed by atoms with Crippen LogP contribution in [0.15, 0.2) is 22.7 Å². The molecule has 0 bridgehead atoms. The molecule has 0 heterocycles. The fourth-order valence-corrected chi connectivity index (χ4v) is 3.09. The quantitative estimate of drug-likeness (QED) is 0.798. The highest BCUT2D eigenvalue weighted by Gasteiger charge is 2.15. The van der Waals surface area contributed by atoms with Crippen molar-refractivity contribution in [3.05, 3.63) is 28.2 Å². The van der Waals surface area contributed by atoms with Crippen molar-refractivity contribution in [1.82, 2.24) is 5.32 Å². The van der Waals surface area contributed by atoms with Crippen LogP contribution in [0.1, 0.15) is 44.1 Å². The highest BCUT2D eigenvalue weighted by molar-refractivity contribution is 9.10. The number of nitrogens with one attached hydrogen (secondary N) is 1. The first-order valence-electron chi connectivity index (χ1n) is 7.59. The zero-order valence-electron chi connectivity index (χ0n) is 12.2. The first kappa shape index (κ1) is 16.3. The summed E-state index contributed by atoms with van der Waals surface area (Å²) >= 11 is 3.40. The molecule has 0 unspecified atom stereocenters. The topological polar surface area (TPSA) is 64.3 Å². The molecular weight excluding hydrogens is 332 g/mol. The Balaban J connectivity index is 1.83. The van der Waals surface area contributed by atoms with Gasteiger partial charge in [-0.15, -0.1) is 0 Å². The fraction of sp³-hybridized carbons (Fsp3) is 0.562. The van der Waals surface area contributed by atoms with E-state index < -0.39 is 0 Å². The highest BCUT2D eigenvalue weighted by atomic mass is 79.9. The Morgan fingerprint density at radius 3 is 2.67 bits per heavy atom. The lowest BCUT2D eigenvalue weighted by molar-refractivity contribution is -0.123. The smallest absolute Gasteiger partial charge is 0.258 e. The minimum atomic E-state index is -0.0483. The Kier molecular flexibility index (Phi) is 6.51. The van der Waals surface area contributed by atoms with Crippen molar-refractivity contribution >= 4 is 21.8 Å². The molecule has 0 atom stereocenters. The van der Waals surface area contributed by atoms with Crippen LogP contribution >= 0.6 is 15.9 Å². The van der Waals surface area contributed by atoms with Crippen molar-refractivity contribution in [2.75, 3.05) is 6.61 Å². The van der Waals surface area contributed by atoms with Crippen LogP contribution in [-0.4, -0.2) is 18.6 Å². The maximum atomic E-state index is 12.0. The molecule has 1 aliphatic rings. The lowest BCUT2D eigenvalue weighted by atomic mass is 10.1. The lowest BCUT2D eigenvalue weighted by Crippen LogP contribution is -2.37. The SMILES string of the molecule is NCc1cc(Br)ccc1OCC(=O)NC1CCCCCC1. The minimum absolute atomic E-state index is 0.0468. The zero-order valence-corrected chi connectivity index (χ0v) is 13.8. The summed E-state index contributed by atoms with van der Waals surface area (Å²) in [6.45, 7) is 0.435. The van der Waals surface area contributed by atoms with Crippen LogP contribution in [0.2, 0.25) is 0 Å². The van der Waals surface area contributed by atoms with Crippen molar-refractivity contribution in [3.63, 3.8) is 0 Å². The Labute approximate surface area is 134 Å². The van der Waals surface area contributed by atoms with E-state index in [0.717, 1.165) is 22.9 Å². The first-order valence-corrected chi connectivity index (χ1v) is 8.39. The molecule has 0 aromatic heterocycles. The van der Waals surface area contributed by atoms with Crippen molar-refractivity contribution in [1.29, 1.82) is 0 Å². The van der Waals surface area contributed by atoms with Gasteiger partial charge in [0.05, 0.1) is 0 Å². The normalized spacial score (nSPS) is 16.3. The molecule has 2 rings (SSSR count). The molecule has 1 amide bonds. The van der Waals surface area contributed by atoms with Gasteiger partial charge in [0.2, 0.25) is 0 Å². The van der Waals surface area contributed by atoms with Crippen LogP contribution in [0.5, 0.6) is 5.75 Å². The van der Waals surface area contributed by atoms with Gasteiger partial charge in [-0.3, -0.25) is 4.79 Å². The van der Waals surface area contributed by atoms with Crippen molar-refractivity contribution in [3.8, 4) is 5.75 Å². The van der Waals surface area contributed by atoms with Crippen LogP contribution in [0.4, 0.5) is 0 Å². The third kappa shape index (κ3) is 5.32. The predicted molar refractivity (Wildman–Crippen MR) is 87.2 cm³/mol. The van der Waals surface area contributed by atoms with E-state index in [-0.39, 0.29) is 12.5 Å². The van der Waals surface area contributed by atoms with Crippen molar-refractivity contribution in [2.24, 2.45) is 5.73 Å². The van der Waals surface area contributed by atoms with Gasteiger partial charge in [-0.2, -0.15) is 0 Å². The number of benzene rings is 1. The predicted octanol–water partition coefficient (Wildman–Crippen LogP) is 3.13. The largest absolute Gasteiger partial charge is 0.483 e. The summed E-state index contributed by atoms with van der Waals surface area (Å²) < 4.78 is 6.56. The molecular formula is C16H23BrN2O2. The fourth-order valence-electron chi connectivity index (χ4n) is 2.68. The monoisotopic (exact) mass is 354 g/mol. The molecule has 1 aromatic rings.